The smallest absolute Gasteiger partial charge is 0.317 e. The number of nitrogens with zero attached hydrogens (tertiary/aromatic N) is 2. The summed E-state index contributed by atoms with van der Waals surface area (Å²) in [4.78, 5) is 18.3. The van der Waals surface area contributed by atoms with Crippen LogP contribution in [0.5, 0.6) is 0 Å². The Labute approximate surface area is 150 Å². The van der Waals surface area contributed by atoms with Crippen molar-refractivity contribution in [2.45, 2.75) is 45.1 Å². The van der Waals surface area contributed by atoms with Gasteiger partial charge < -0.3 is 10.2 Å². The average Bonchev–Trinajstić information content (AvgIpc) is 2.53. The van der Waals surface area contributed by atoms with Crippen LogP contribution < -0.4 is 5.32 Å². The third-order valence-electron chi connectivity index (χ3n) is 4.96. The SMILES string of the molecule is C[C@H](NC(=O)N1CC(c2ccncc2)C1)c1ccc(C(C)(C)C)cc1. The number of urea groups is 1. The summed E-state index contributed by atoms with van der Waals surface area (Å²) >= 11 is 0. The zero-order valence-electron chi connectivity index (χ0n) is 15.5. The Morgan fingerprint density at radius 2 is 1.72 bits per heavy atom. The number of pyridine rings is 1. The molecule has 0 bridgehead atoms. The number of aromatic nitrogens is 1. The molecule has 4 nitrogen and oxygen atoms in total. The summed E-state index contributed by atoms with van der Waals surface area (Å²) in [7, 11) is 0. The maximum absolute atomic E-state index is 12.4. The zero-order valence-corrected chi connectivity index (χ0v) is 15.5. The number of carbonyl (C=O) groups excluding carboxylic acids is 1. The van der Waals surface area contributed by atoms with E-state index < -0.39 is 0 Å². The second-order valence-electron chi connectivity index (χ2n) is 7.93. The van der Waals surface area contributed by atoms with Crippen molar-refractivity contribution < 1.29 is 4.79 Å². The molecule has 2 amide bonds. The van der Waals surface area contributed by atoms with Crippen LogP contribution in [0.4, 0.5) is 4.79 Å². The van der Waals surface area contributed by atoms with Crippen LogP contribution >= 0.6 is 0 Å². The van der Waals surface area contributed by atoms with Crippen molar-refractivity contribution in [1.82, 2.24) is 15.2 Å². The first-order valence-corrected chi connectivity index (χ1v) is 8.90. The van der Waals surface area contributed by atoms with Crippen molar-refractivity contribution in [2.75, 3.05) is 13.1 Å². The molecule has 2 heterocycles. The molecule has 0 unspecified atom stereocenters. The van der Waals surface area contributed by atoms with Crippen LogP contribution in [0.1, 0.15) is 56.3 Å². The van der Waals surface area contributed by atoms with Gasteiger partial charge in [0.2, 0.25) is 0 Å². The highest BCUT2D eigenvalue weighted by Crippen LogP contribution is 2.27. The Kier molecular flexibility index (Phi) is 4.80. The van der Waals surface area contributed by atoms with E-state index in [1.165, 1.54) is 11.1 Å². The van der Waals surface area contributed by atoms with Gasteiger partial charge in [0, 0.05) is 31.4 Å². The summed E-state index contributed by atoms with van der Waals surface area (Å²) in [5.74, 6) is 0.426. The topological polar surface area (TPSA) is 45.2 Å². The predicted molar refractivity (Wildman–Crippen MR) is 101 cm³/mol. The quantitative estimate of drug-likeness (QED) is 0.910. The molecule has 0 aliphatic carbocycles. The Morgan fingerprint density at radius 3 is 2.28 bits per heavy atom. The van der Waals surface area contributed by atoms with Crippen molar-refractivity contribution in [3.8, 4) is 0 Å². The number of amides is 2. The molecular formula is C21H27N3O. The highest BCUT2D eigenvalue weighted by Gasteiger charge is 2.32. The molecule has 1 atom stereocenters. The minimum atomic E-state index is 0.00138. The van der Waals surface area contributed by atoms with Crippen molar-refractivity contribution in [2.24, 2.45) is 0 Å². The van der Waals surface area contributed by atoms with E-state index in [0.29, 0.717) is 5.92 Å². The third kappa shape index (κ3) is 4.01. The van der Waals surface area contributed by atoms with E-state index in [9.17, 15) is 4.79 Å². The number of rotatable bonds is 3. The summed E-state index contributed by atoms with van der Waals surface area (Å²) in [6, 6.07) is 12.6. The number of carbonyl (C=O) groups is 1. The predicted octanol–water partition coefficient (Wildman–Crippen LogP) is 4.25. The molecule has 0 radical (unpaired) electrons. The van der Waals surface area contributed by atoms with Crippen LogP contribution in [0.2, 0.25) is 0 Å². The minimum absolute atomic E-state index is 0.00138. The van der Waals surface area contributed by atoms with Gasteiger partial charge in [-0.1, -0.05) is 45.0 Å². The first-order valence-electron chi connectivity index (χ1n) is 8.90. The molecule has 0 spiro atoms. The molecule has 1 aliphatic heterocycles. The lowest BCUT2D eigenvalue weighted by Gasteiger charge is -2.40. The fourth-order valence-electron chi connectivity index (χ4n) is 3.12. The van der Waals surface area contributed by atoms with E-state index in [0.717, 1.165) is 18.7 Å². The molecule has 2 aromatic rings. The van der Waals surface area contributed by atoms with Crippen molar-refractivity contribution in [3.05, 3.63) is 65.5 Å². The second kappa shape index (κ2) is 6.87. The van der Waals surface area contributed by atoms with Gasteiger partial charge in [-0.2, -0.15) is 0 Å². The monoisotopic (exact) mass is 337 g/mol. The molecule has 0 saturated carbocycles. The molecule has 1 fully saturated rings. The molecule has 132 valence electrons. The number of likely N-dealkylation sites (tertiary alicyclic amines) is 1. The molecule has 4 heteroatoms. The van der Waals surface area contributed by atoms with Gasteiger partial charge in [-0.05, 0) is 41.2 Å². The average molecular weight is 337 g/mol. The highest BCUT2D eigenvalue weighted by molar-refractivity contribution is 5.76. The van der Waals surface area contributed by atoms with Gasteiger partial charge in [-0.25, -0.2) is 4.79 Å². The molecule has 3 rings (SSSR count). The van der Waals surface area contributed by atoms with Gasteiger partial charge in [-0.3, -0.25) is 4.98 Å². The highest BCUT2D eigenvalue weighted by atomic mass is 16.2. The largest absolute Gasteiger partial charge is 0.331 e. The van der Waals surface area contributed by atoms with Crippen molar-refractivity contribution in [3.63, 3.8) is 0 Å². The number of hydrogen-bond acceptors (Lipinski definition) is 2. The summed E-state index contributed by atoms with van der Waals surface area (Å²) in [6.45, 7) is 10.2. The lowest BCUT2D eigenvalue weighted by Crippen LogP contribution is -2.52. The van der Waals surface area contributed by atoms with E-state index in [-0.39, 0.29) is 17.5 Å². The van der Waals surface area contributed by atoms with Crippen LogP contribution in [-0.2, 0) is 5.41 Å². The van der Waals surface area contributed by atoms with E-state index in [1.807, 2.05) is 24.0 Å². The fourth-order valence-corrected chi connectivity index (χ4v) is 3.12. The Morgan fingerprint density at radius 1 is 1.12 bits per heavy atom. The van der Waals surface area contributed by atoms with Crippen LogP contribution in [-0.4, -0.2) is 29.0 Å². The first-order chi connectivity index (χ1) is 11.8. The normalized spacial score (nSPS) is 16.2. The van der Waals surface area contributed by atoms with Gasteiger partial charge in [0.05, 0.1) is 6.04 Å². The zero-order chi connectivity index (χ0) is 18.0. The number of benzene rings is 1. The molecule has 1 aromatic heterocycles. The van der Waals surface area contributed by atoms with E-state index in [2.05, 4.69) is 55.3 Å². The van der Waals surface area contributed by atoms with Crippen LogP contribution in [0.3, 0.4) is 0 Å². The Hall–Kier alpha value is -2.36. The molecule has 1 saturated heterocycles. The molecule has 1 N–H and O–H groups in total. The lowest BCUT2D eigenvalue weighted by molar-refractivity contribution is 0.148. The molecular weight excluding hydrogens is 310 g/mol. The van der Waals surface area contributed by atoms with Crippen LogP contribution in [0.25, 0.3) is 0 Å². The molecule has 1 aliphatic rings. The van der Waals surface area contributed by atoms with Crippen molar-refractivity contribution >= 4 is 6.03 Å². The Balaban J connectivity index is 1.53. The fraction of sp³-hybridized carbons (Fsp3) is 0.429. The van der Waals surface area contributed by atoms with Crippen LogP contribution in [0.15, 0.2) is 48.8 Å². The second-order valence-corrected chi connectivity index (χ2v) is 7.93. The minimum Gasteiger partial charge on any atom is -0.331 e. The molecule has 1 aromatic carbocycles. The van der Waals surface area contributed by atoms with E-state index in [4.69, 9.17) is 0 Å². The Bertz CT molecular complexity index is 713. The number of hydrogen-bond donors (Lipinski definition) is 1. The maximum Gasteiger partial charge on any atom is 0.317 e. The molecule has 25 heavy (non-hydrogen) atoms. The third-order valence-corrected chi connectivity index (χ3v) is 4.96. The summed E-state index contributed by atoms with van der Waals surface area (Å²) < 4.78 is 0. The van der Waals surface area contributed by atoms with E-state index >= 15 is 0 Å². The standard InChI is InChI=1S/C21H27N3O/c1-15(16-5-7-19(8-6-16)21(2,3)4)23-20(25)24-13-18(14-24)17-9-11-22-12-10-17/h5-12,15,18H,13-14H2,1-4H3,(H,23,25)/t15-/m0/s1. The van der Waals surface area contributed by atoms with Gasteiger partial charge in [-0.15, -0.1) is 0 Å². The van der Waals surface area contributed by atoms with Gasteiger partial charge in [0.15, 0.2) is 0 Å². The van der Waals surface area contributed by atoms with Crippen LogP contribution in [0, 0.1) is 0 Å². The van der Waals surface area contributed by atoms with Gasteiger partial charge in [0.1, 0.15) is 0 Å². The number of nitrogens with one attached hydrogen (secondary N) is 1. The first kappa shape index (κ1) is 17.5. The maximum atomic E-state index is 12.4. The summed E-state index contributed by atoms with van der Waals surface area (Å²) in [5, 5.41) is 3.10. The van der Waals surface area contributed by atoms with Crippen molar-refractivity contribution in [1.29, 1.82) is 0 Å². The summed E-state index contributed by atoms with van der Waals surface area (Å²) in [6.07, 6.45) is 3.61. The van der Waals surface area contributed by atoms with Gasteiger partial charge >= 0.3 is 6.03 Å². The lowest BCUT2D eigenvalue weighted by atomic mass is 9.86. The van der Waals surface area contributed by atoms with Gasteiger partial charge in [0.25, 0.3) is 0 Å². The van der Waals surface area contributed by atoms with E-state index in [1.54, 1.807) is 12.4 Å². The summed E-state index contributed by atoms with van der Waals surface area (Å²) in [5.41, 5.74) is 3.83.